The van der Waals surface area contributed by atoms with Crippen molar-refractivity contribution in [2.24, 2.45) is 5.92 Å². The van der Waals surface area contributed by atoms with Gasteiger partial charge in [-0.1, -0.05) is 12.1 Å². The fourth-order valence-corrected chi connectivity index (χ4v) is 2.24. The second-order valence-electron chi connectivity index (χ2n) is 4.04. The van der Waals surface area contributed by atoms with Gasteiger partial charge in [0, 0.05) is 11.3 Å². The molecule has 1 N–H and O–H groups in total. The molecule has 1 saturated heterocycles. The van der Waals surface area contributed by atoms with Crippen LogP contribution in [0.2, 0.25) is 0 Å². The van der Waals surface area contributed by atoms with Gasteiger partial charge < -0.3 is 9.84 Å². The van der Waals surface area contributed by atoms with Crippen LogP contribution in [0.5, 0.6) is 0 Å². The molecule has 3 heterocycles. The summed E-state index contributed by atoms with van der Waals surface area (Å²) in [5.74, 6) is 2.25. The lowest BCUT2D eigenvalue weighted by Gasteiger charge is -2.30. The third-order valence-corrected chi connectivity index (χ3v) is 3.60. The number of hydrogen-bond donors (Lipinski definition) is 1. The van der Waals surface area contributed by atoms with Crippen LogP contribution in [0.4, 0.5) is 0 Å². The van der Waals surface area contributed by atoms with Crippen LogP contribution in [0.15, 0.2) is 15.4 Å². The van der Waals surface area contributed by atoms with E-state index in [-0.39, 0.29) is 0 Å². The maximum absolute atomic E-state index is 5.28. The van der Waals surface area contributed by atoms with Crippen LogP contribution in [0, 0.1) is 5.92 Å². The molecule has 3 rings (SSSR count). The minimum atomic E-state index is 0.320. The van der Waals surface area contributed by atoms with Crippen LogP contribution in [-0.2, 0) is 0 Å². The standard InChI is InChI=1S/C10H12N4OS/c1-6(7-2-11-3-7)10-13-9(14-15-10)8-4-16-5-12-8/h4-7,11H,2-3H2,1H3. The monoisotopic (exact) mass is 236 g/mol. The normalized spacial score (nSPS) is 18.3. The van der Waals surface area contributed by atoms with E-state index in [0.29, 0.717) is 17.7 Å². The molecule has 2 aromatic rings. The molecule has 1 unspecified atom stereocenters. The van der Waals surface area contributed by atoms with Gasteiger partial charge in [0.05, 0.1) is 5.51 Å². The van der Waals surface area contributed by atoms with Gasteiger partial charge in [0.2, 0.25) is 11.7 Å². The van der Waals surface area contributed by atoms with E-state index in [9.17, 15) is 0 Å². The molecule has 1 aliphatic heterocycles. The van der Waals surface area contributed by atoms with E-state index in [1.807, 2.05) is 5.38 Å². The van der Waals surface area contributed by atoms with Crippen molar-refractivity contribution in [3.05, 3.63) is 16.8 Å². The van der Waals surface area contributed by atoms with Gasteiger partial charge >= 0.3 is 0 Å². The number of hydrogen-bond acceptors (Lipinski definition) is 6. The Hall–Kier alpha value is -1.27. The van der Waals surface area contributed by atoms with Crippen molar-refractivity contribution < 1.29 is 4.52 Å². The maximum Gasteiger partial charge on any atom is 0.230 e. The van der Waals surface area contributed by atoms with Crippen LogP contribution in [-0.4, -0.2) is 28.2 Å². The number of nitrogens with zero attached hydrogens (tertiary/aromatic N) is 3. The highest BCUT2D eigenvalue weighted by molar-refractivity contribution is 7.07. The summed E-state index contributed by atoms with van der Waals surface area (Å²) in [5.41, 5.74) is 2.56. The van der Waals surface area contributed by atoms with Crippen molar-refractivity contribution in [3.8, 4) is 11.5 Å². The first-order valence-electron chi connectivity index (χ1n) is 5.27. The average Bonchev–Trinajstić information content (AvgIpc) is 2.86. The molecule has 0 bridgehead atoms. The summed E-state index contributed by atoms with van der Waals surface area (Å²) in [6, 6.07) is 0. The molecular weight excluding hydrogens is 224 g/mol. The Labute approximate surface area is 96.9 Å². The summed E-state index contributed by atoms with van der Waals surface area (Å²) in [4.78, 5) is 8.55. The summed E-state index contributed by atoms with van der Waals surface area (Å²) in [5, 5.41) is 9.12. The molecule has 5 nitrogen and oxygen atoms in total. The molecule has 84 valence electrons. The molecule has 0 aromatic carbocycles. The Morgan fingerprint density at radius 3 is 3.06 bits per heavy atom. The fourth-order valence-electron chi connectivity index (χ4n) is 1.71. The quantitative estimate of drug-likeness (QED) is 0.875. The molecule has 0 amide bonds. The van der Waals surface area contributed by atoms with Crippen molar-refractivity contribution in [2.45, 2.75) is 12.8 Å². The van der Waals surface area contributed by atoms with Crippen LogP contribution in [0.1, 0.15) is 18.7 Å². The van der Waals surface area contributed by atoms with Gasteiger partial charge in [0.15, 0.2) is 0 Å². The second-order valence-corrected chi connectivity index (χ2v) is 4.76. The zero-order valence-electron chi connectivity index (χ0n) is 8.88. The molecule has 0 radical (unpaired) electrons. The summed E-state index contributed by atoms with van der Waals surface area (Å²) in [6.45, 7) is 4.20. The topological polar surface area (TPSA) is 63.8 Å². The highest BCUT2D eigenvalue weighted by atomic mass is 32.1. The van der Waals surface area contributed by atoms with Crippen molar-refractivity contribution >= 4 is 11.3 Å². The van der Waals surface area contributed by atoms with Gasteiger partial charge in [-0.15, -0.1) is 11.3 Å². The lowest BCUT2D eigenvalue weighted by atomic mass is 9.89. The van der Waals surface area contributed by atoms with Gasteiger partial charge in [-0.2, -0.15) is 4.98 Å². The Morgan fingerprint density at radius 2 is 2.44 bits per heavy atom. The van der Waals surface area contributed by atoms with Gasteiger partial charge in [-0.05, 0) is 19.0 Å². The Balaban J connectivity index is 1.82. The molecule has 1 atom stereocenters. The average molecular weight is 236 g/mol. The minimum absolute atomic E-state index is 0.320. The third kappa shape index (κ3) is 1.64. The molecule has 1 fully saturated rings. The fraction of sp³-hybridized carbons (Fsp3) is 0.500. The van der Waals surface area contributed by atoms with E-state index in [0.717, 1.165) is 24.7 Å². The second kappa shape index (κ2) is 3.95. The van der Waals surface area contributed by atoms with Crippen LogP contribution in [0.25, 0.3) is 11.5 Å². The number of nitrogens with one attached hydrogen (secondary N) is 1. The predicted molar refractivity (Wildman–Crippen MR) is 60.2 cm³/mol. The summed E-state index contributed by atoms with van der Waals surface area (Å²) in [6.07, 6.45) is 0. The molecule has 16 heavy (non-hydrogen) atoms. The molecule has 0 saturated carbocycles. The Bertz CT molecular complexity index is 463. The van der Waals surface area contributed by atoms with Gasteiger partial charge in [-0.25, -0.2) is 4.98 Å². The van der Waals surface area contributed by atoms with Crippen LogP contribution < -0.4 is 5.32 Å². The third-order valence-electron chi connectivity index (χ3n) is 3.01. The van der Waals surface area contributed by atoms with Crippen molar-refractivity contribution in [3.63, 3.8) is 0 Å². The zero-order valence-corrected chi connectivity index (χ0v) is 9.70. The molecule has 1 aliphatic rings. The summed E-state index contributed by atoms with van der Waals surface area (Å²) >= 11 is 1.53. The largest absolute Gasteiger partial charge is 0.339 e. The van der Waals surface area contributed by atoms with Crippen molar-refractivity contribution in [2.75, 3.05) is 13.1 Å². The first kappa shape index (κ1) is 9.92. The Morgan fingerprint density at radius 1 is 1.56 bits per heavy atom. The molecule has 0 aliphatic carbocycles. The molecule has 6 heteroatoms. The molecule has 0 spiro atoms. The number of rotatable bonds is 3. The zero-order chi connectivity index (χ0) is 11.0. The van der Waals surface area contributed by atoms with E-state index >= 15 is 0 Å². The highest BCUT2D eigenvalue weighted by Crippen LogP contribution is 2.27. The maximum atomic E-state index is 5.28. The van der Waals surface area contributed by atoms with E-state index in [4.69, 9.17) is 4.52 Å². The van der Waals surface area contributed by atoms with Gasteiger partial charge in [0.25, 0.3) is 0 Å². The van der Waals surface area contributed by atoms with Crippen LogP contribution in [0.3, 0.4) is 0 Å². The SMILES string of the molecule is CC(c1nc(-c2cscn2)no1)C1CNC1. The summed E-state index contributed by atoms with van der Waals surface area (Å²) in [7, 11) is 0. The smallest absolute Gasteiger partial charge is 0.230 e. The van der Waals surface area contributed by atoms with Crippen molar-refractivity contribution in [1.29, 1.82) is 0 Å². The van der Waals surface area contributed by atoms with Gasteiger partial charge in [-0.3, -0.25) is 0 Å². The lowest BCUT2D eigenvalue weighted by Crippen LogP contribution is -2.44. The van der Waals surface area contributed by atoms with Gasteiger partial charge in [0.1, 0.15) is 5.69 Å². The lowest BCUT2D eigenvalue weighted by molar-refractivity contribution is 0.252. The minimum Gasteiger partial charge on any atom is -0.339 e. The van der Waals surface area contributed by atoms with E-state index < -0.39 is 0 Å². The van der Waals surface area contributed by atoms with Crippen LogP contribution >= 0.6 is 11.3 Å². The Kier molecular flexibility index (Phi) is 2.45. The first-order valence-corrected chi connectivity index (χ1v) is 6.22. The predicted octanol–water partition coefficient (Wildman–Crippen LogP) is 1.52. The first-order chi connectivity index (χ1) is 7.84. The van der Waals surface area contributed by atoms with E-state index in [1.54, 1.807) is 5.51 Å². The highest BCUT2D eigenvalue weighted by Gasteiger charge is 2.28. The molecule has 2 aromatic heterocycles. The molecular formula is C10H12N4OS. The number of aromatic nitrogens is 3. The number of thiazole rings is 1. The van der Waals surface area contributed by atoms with E-state index in [1.165, 1.54) is 11.3 Å². The summed E-state index contributed by atoms with van der Waals surface area (Å²) < 4.78 is 5.28. The van der Waals surface area contributed by atoms with E-state index in [2.05, 4.69) is 27.4 Å². The van der Waals surface area contributed by atoms with Crippen molar-refractivity contribution in [1.82, 2.24) is 20.4 Å².